The fourth-order valence-electron chi connectivity index (χ4n) is 4.47. The van der Waals surface area contributed by atoms with Gasteiger partial charge >= 0.3 is 5.97 Å². The minimum atomic E-state index is -0.464. The largest absolute Gasteiger partial charge is 0.504 e. The highest BCUT2D eigenvalue weighted by atomic mass is 16.5. The second-order valence-corrected chi connectivity index (χ2v) is 8.04. The van der Waals surface area contributed by atoms with E-state index in [1.54, 1.807) is 48.5 Å². The van der Waals surface area contributed by atoms with Crippen molar-refractivity contribution in [1.29, 1.82) is 0 Å². The summed E-state index contributed by atoms with van der Waals surface area (Å²) in [5, 5.41) is 10.0. The molecule has 1 atom stereocenters. The van der Waals surface area contributed by atoms with Gasteiger partial charge < -0.3 is 28.8 Å². The predicted molar refractivity (Wildman–Crippen MR) is 126 cm³/mol. The van der Waals surface area contributed by atoms with Gasteiger partial charge in [0.05, 0.1) is 33.3 Å². The van der Waals surface area contributed by atoms with E-state index >= 15 is 0 Å². The van der Waals surface area contributed by atoms with Crippen molar-refractivity contribution < 1.29 is 38.4 Å². The number of rotatable bonds is 5. The van der Waals surface area contributed by atoms with E-state index in [-0.39, 0.29) is 29.5 Å². The molecule has 2 aliphatic heterocycles. The van der Waals surface area contributed by atoms with Crippen LogP contribution in [0.5, 0.6) is 34.5 Å². The van der Waals surface area contributed by atoms with Crippen LogP contribution in [-0.4, -0.2) is 38.2 Å². The number of ketones is 1. The molecular weight excluding hydrogens is 452 g/mol. The van der Waals surface area contributed by atoms with Crippen LogP contribution in [0.3, 0.4) is 0 Å². The van der Waals surface area contributed by atoms with E-state index < -0.39 is 11.9 Å². The molecule has 0 aromatic heterocycles. The van der Waals surface area contributed by atoms with Crippen molar-refractivity contribution in [1.82, 2.24) is 0 Å². The maximum absolute atomic E-state index is 13.3. The molecule has 2 heterocycles. The summed E-state index contributed by atoms with van der Waals surface area (Å²) >= 11 is 0. The number of carbonyl (C=O) groups excluding carboxylic acids is 2. The van der Waals surface area contributed by atoms with Gasteiger partial charge in [0, 0.05) is 17.0 Å². The van der Waals surface area contributed by atoms with Gasteiger partial charge in [-0.05, 0) is 42.0 Å². The third-order valence-corrected chi connectivity index (χ3v) is 6.11. The summed E-state index contributed by atoms with van der Waals surface area (Å²) in [5.41, 5.74) is 2.28. The van der Waals surface area contributed by atoms with Gasteiger partial charge in [-0.1, -0.05) is 18.2 Å². The molecule has 0 saturated carbocycles. The van der Waals surface area contributed by atoms with Crippen LogP contribution in [0.15, 0.2) is 54.3 Å². The van der Waals surface area contributed by atoms with Crippen LogP contribution in [0.2, 0.25) is 0 Å². The van der Waals surface area contributed by atoms with Gasteiger partial charge in [-0.3, -0.25) is 9.59 Å². The maximum atomic E-state index is 13.3. The zero-order chi connectivity index (χ0) is 24.7. The Morgan fingerprint density at radius 3 is 2.49 bits per heavy atom. The summed E-state index contributed by atoms with van der Waals surface area (Å²) in [6.45, 7) is 0. The number of carbonyl (C=O) groups is 2. The maximum Gasteiger partial charge on any atom is 0.312 e. The normalized spacial score (nSPS) is 17.3. The number of para-hydroxylation sites is 1. The Morgan fingerprint density at radius 1 is 0.943 bits per heavy atom. The molecule has 35 heavy (non-hydrogen) atoms. The fraction of sp³-hybridized carbons (Fsp3) is 0.185. The second-order valence-electron chi connectivity index (χ2n) is 8.04. The summed E-state index contributed by atoms with van der Waals surface area (Å²) in [5.74, 6) is 0.858. The smallest absolute Gasteiger partial charge is 0.312 e. The molecule has 8 nitrogen and oxygen atoms in total. The van der Waals surface area contributed by atoms with Gasteiger partial charge in [-0.2, -0.15) is 0 Å². The highest BCUT2D eigenvalue weighted by molar-refractivity contribution is 6.15. The Hall–Kier alpha value is -4.46. The number of ether oxygens (including phenoxy) is 5. The Morgan fingerprint density at radius 2 is 1.74 bits per heavy atom. The SMILES string of the molecule is COc1cc([C@H]2CC(=O)Oc3ccc4c(c32)O/C(=C\c2cccc(OC)c2OC)C4=O)ccc1O. The van der Waals surface area contributed by atoms with E-state index in [1.165, 1.54) is 27.4 Å². The molecule has 1 N–H and O–H groups in total. The van der Waals surface area contributed by atoms with Crippen molar-refractivity contribution in [2.45, 2.75) is 12.3 Å². The van der Waals surface area contributed by atoms with E-state index in [1.807, 2.05) is 0 Å². The number of esters is 1. The van der Waals surface area contributed by atoms with E-state index in [2.05, 4.69) is 0 Å². The second kappa shape index (κ2) is 8.72. The number of Topliss-reactive ketones (excluding diaryl/α,β-unsaturated/α-hetero) is 1. The Labute approximate surface area is 201 Å². The highest BCUT2D eigenvalue weighted by Gasteiger charge is 2.38. The first-order valence-electron chi connectivity index (χ1n) is 10.8. The Balaban J connectivity index is 1.61. The van der Waals surface area contributed by atoms with Crippen LogP contribution in [0.25, 0.3) is 6.08 Å². The average Bonchev–Trinajstić information content (AvgIpc) is 3.18. The van der Waals surface area contributed by atoms with Crippen molar-refractivity contribution in [2.24, 2.45) is 0 Å². The first-order valence-corrected chi connectivity index (χ1v) is 10.8. The molecule has 2 aliphatic rings. The molecule has 0 amide bonds. The topological polar surface area (TPSA) is 101 Å². The van der Waals surface area contributed by atoms with Gasteiger partial charge in [0.25, 0.3) is 0 Å². The van der Waals surface area contributed by atoms with Crippen LogP contribution in [-0.2, 0) is 4.79 Å². The number of hydrogen-bond donors (Lipinski definition) is 1. The summed E-state index contributed by atoms with van der Waals surface area (Å²) < 4.78 is 27.6. The fourth-order valence-corrected chi connectivity index (χ4v) is 4.47. The quantitative estimate of drug-likeness (QED) is 0.328. The first kappa shape index (κ1) is 22.3. The predicted octanol–water partition coefficient (Wildman–Crippen LogP) is 4.48. The van der Waals surface area contributed by atoms with Crippen molar-refractivity contribution in [3.8, 4) is 34.5 Å². The lowest BCUT2D eigenvalue weighted by Crippen LogP contribution is -2.21. The van der Waals surface area contributed by atoms with Gasteiger partial charge in [-0.15, -0.1) is 0 Å². The minimum Gasteiger partial charge on any atom is -0.504 e. The first-order chi connectivity index (χ1) is 16.9. The average molecular weight is 474 g/mol. The summed E-state index contributed by atoms with van der Waals surface area (Å²) in [6.07, 6.45) is 1.64. The Bertz CT molecular complexity index is 1390. The molecule has 0 spiro atoms. The molecular formula is C27H22O8. The summed E-state index contributed by atoms with van der Waals surface area (Å²) in [7, 11) is 4.51. The Kier molecular flexibility index (Phi) is 5.56. The van der Waals surface area contributed by atoms with Crippen molar-refractivity contribution in [3.63, 3.8) is 0 Å². The summed E-state index contributed by atoms with van der Waals surface area (Å²) in [4.78, 5) is 25.7. The van der Waals surface area contributed by atoms with Crippen LogP contribution in [0, 0.1) is 0 Å². The number of hydrogen-bond acceptors (Lipinski definition) is 8. The standard InChI is InChI=1S/C27H22O8/c1-31-20-6-4-5-15(26(20)33-3)12-22-25(30)16-8-10-19-24(27(16)35-22)17(13-23(29)34-19)14-7-9-18(28)21(11-14)32-2/h4-12,17,28H,13H2,1-3H3/b22-12-/t17-/m1/s1. The van der Waals surface area contributed by atoms with Crippen molar-refractivity contribution in [2.75, 3.05) is 21.3 Å². The lowest BCUT2D eigenvalue weighted by atomic mass is 9.84. The molecule has 0 bridgehead atoms. The van der Waals surface area contributed by atoms with E-state index in [4.69, 9.17) is 23.7 Å². The van der Waals surface area contributed by atoms with Gasteiger partial charge in [0.15, 0.2) is 28.8 Å². The number of aromatic hydroxyl groups is 1. The molecule has 0 fully saturated rings. The summed E-state index contributed by atoms with van der Waals surface area (Å²) in [6, 6.07) is 13.4. The molecule has 3 aromatic rings. The van der Waals surface area contributed by atoms with Gasteiger partial charge in [0.1, 0.15) is 11.5 Å². The molecule has 0 aliphatic carbocycles. The third-order valence-electron chi connectivity index (χ3n) is 6.11. The molecule has 0 radical (unpaired) electrons. The van der Waals surface area contributed by atoms with Crippen molar-refractivity contribution in [3.05, 3.63) is 76.5 Å². The number of fused-ring (bicyclic) bond motifs is 3. The number of phenols is 1. The zero-order valence-electron chi connectivity index (χ0n) is 19.3. The van der Waals surface area contributed by atoms with E-state index in [9.17, 15) is 14.7 Å². The van der Waals surface area contributed by atoms with Crippen LogP contribution in [0.4, 0.5) is 0 Å². The highest BCUT2D eigenvalue weighted by Crippen LogP contribution is 2.50. The van der Waals surface area contributed by atoms with E-state index in [0.29, 0.717) is 45.3 Å². The molecule has 5 rings (SSSR count). The molecule has 8 heteroatoms. The lowest BCUT2D eigenvalue weighted by molar-refractivity contribution is -0.135. The third kappa shape index (κ3) is 3.73. The van der Waals surface area contributed by atoms with Crippen LogP contribution >= 0.6 is 0 Å². The molecule has 178 valence electrons. The van der Waals surface area contributed by atoms with Crippen LogP contribution < -0.4 is 23.7 Å². The van der Waals surface area contributed by atoms with E-state index in [0.717, 1.165) is 0 Å². The molecule has 3 aromatic carbocycles. The zero-order valence-corrected chi connectivity index (χ0v) is 19.3. The van der Waals surface area contributed by atoms with Crippen molar-refractivity contribution >= 4 is 17.8 Å². The number of phenolic OH excluding ortho intramolecular Hbond substituents is 1. The minimum absolute atomic E-state index is 0.0166. The number of allylic oxidation sites excluding steroid dienone is 1. The number of methoxy groups -OCH3 is 3. The van der Waals surface area contributed by atoms with Gasteiger partial charge in [0.2, 0.25) is 5.78 Å². The molecule has 0 saturated heterocycles. The number of benzene rings is 3. The molecule has 0 unspecified atom stereocenters. The lowest BCUT2D eigenvalue weighted by Gasteiger charge is -2.26. The van der Waals surface area contributed by atoms with Gasteiger partial charge in [-0.25, -0.2) is 0 Å². The van der Waals surface area contributed by atoms with Crippen LogP contribution in [0.1, 0.15) is 39.4 Å². The monoisotopic (exact) mass is 474 g/mol.